The molecule has 1 rings (SSSR count). The average Bonchev–Trinajstić information content (AvgIpc) is 2.69. The van der Waals surface area contributed by atoms with Crippen LogP contribution in [0.5, 0.6) is 0 Å². The molecule has 0 N–H and O–H groups in total. The van der Waals surface area contributed by atoms with Gasteiger partial charge < -0.3 is 4.74 Å². The number of carbonyl (C=O) groups is 1. The van der Waals surface area contributed by atoms with Crippen LogP contribution in [0.4, 0.5) is 4.79 Å². The van der Waals surface area contributed by atoms with E-state index in [1.165, 1.54) is 12.8 Å². The molecule has 0 saturated heterocycles. The second-order valence-electron chi connectivity index (χ2n) is 3.48. The first-order chi connectivity index (χ1) is 5.68. The van der Waals surface area contributed by atoms with Gasteiger partial charge in [-0.05, 0) is 25.7 Å². The summed E-state index contributed by atoms with van der Waals surface area (Å²) in [5.74, 6) is 0. The van der Waals surface area contributed by atoms with Crippen LogP contribution in [0.15, 0.2) is 0 Å². The molecule has 0 unspecified atom stereocenters. The molecule has 0 radical (unpaired) electrons. The Morgan fingerprint density at radius 3 is 2.58 bits per heavy atom. The lowest BCUT2D eigenvalue weighted by Gasteiger charge is -2.13. The summed E-state index contributed by atoms with van der Waals surface area (Å²) < 4.78 is 5.02. The number of hydrogen-bond acceptors (Lipinski definition) is 2. The number of halogens is 1. The standard InChI is InChI=1S/C9H15ClO2/c1-2-3-4-5-9(6-7-9)12-8(10)11/h2-7H2,1H3. The number of ether oxygens (including phenoxy) is 1. The van der Waals surface area contributed by atoms with Gasteiger partial charge >= 0.3 is 5.43 Å². The molecule has 3 heteroatoms. The Kier molecular flexibility index (Phi) is 3.39. The zero-order chi connectivity index (χ0) is 9.03. The second-order valence-corrected chi connectivity index (χ2v) is 3.79. The Labute approximate surface area is 78.2 Å². The van der Waals surface area contributed by atoms with Gasteiger partial charge in [0.1, 0.15) is 5.60 Å². The van der Waals surface area contributed by atoms with Gasteiger partial charge in [0.05, 0.1) is 0 Å². The highest BCUT2D eigenvalue weighted by Gasteiger charge is 2.45. The van der Waals surface area contributed by atoms with E-state index in [0.29, 0.717) is 0 Å². The highest BCUT2D eigenvalue weighted by atomic mass is 35.5. The minimum Gasteiger partial charge on any atom is -0.447 e. The number of hydrogen-bond donors (Lipinski definition) is 0. The maximum absolute atomic E-state index is 10.5. The van der Waals surface area contributed by atoms with Gasteiger partial charge in [0.15, 0.2) is 0 Å². The number of carbonyl (C=O) groups excluding carboxylic acids is 1. The third-order valence-corrected chi connectivity index (χ3v) is 2.42. The molecule has 70 valence electrons. The average molecular weight is 191 g/mol. The van der Waals surface area contributed by atoms with Crippen LogP contribution in [0.25, 0.3) is 0 Å². The predicted molar refractivity (Wildman–Crippen MR) is 48.4 cm³/mol. The normalized spacial score (nSPS) is 18.8. The molecule has 0 aliphatic heterocycles. The smallest absolute Gasteiger partial charge is 0.404 e. The van der Waals surface area contributed by atoms with E-state index < -0.39 is 5.43 Å². The van der Waals surface area contributed by atoms with E-state index in [1.807, 2.05) is 0 Å². The van der Waals surface area contributed by atoms with Crippen LogP contribution < -0.4 is 0 Å². The van der Waals surface area contributed by atoms with Crippen molar-refractivity contribution in [3.05, 3.63) is 0 Å². The summed E-state index contributed by atoms with van der Waals surface area (Å²) in [7, 11) is 0. The first-order valence-electron chi connectivity index (χ1n) is 4.57. The third kappa shape index (κ3) is 3.02. The van der Waals surface area contributed by atoms with Gasteiger partial charge in [-0.1, -0.05) is 19.8 Å². The van der Waals surface area contributed by atoms with E-state index in [9.17, 15) is 4.79 Å². The molecule has 12 heavy (non-hydrogen) atoms. The van der Waals surface area contributed by atoms with Gasteiger partial charge in [-0.3, -0.25) is 0 Å². The molecule has 1 saturated carbocycles. The number of unbranched alkanes of at least 4 members (excludes halogenated alkanes) is 2. The van der Waals surface area contributed by atoms with Crippen molar-refractivity contribution in [1.29, 1.82) is 0 Å². The van der Waals surface area contributed by atoms with Crippen LogP contribution in [0.1, 0.15) is 45.4 Å². The Bertz CT molecular complexity index is 164. The van der Waals surface area contributed by atoms with Crippen LogP contribution in [0.3, 0.4) is 0 Å². The van der Waals surface area contributed by atoms with E-state index in [0.717, 1.165) is 25.7 Å². The third-order valence-electron chi connectivity index (χ3n) is 2.34. The van der Waals surface area contributed by atoms with Crippen LogP contribution in [-0.2, 0) is 4.74 Å². The maximum Gasteiger partial charge on any atom is 0.404 e. The summed E-state index contributed by atoms with van der Waals surface area (Å²) in [4.78, 5) is 10.5. The van der Waals surface area contributed by atoms with Crippen molar-refractivity contribution in [2.45, 2.75) is 51.0 Å². The van der Waals surface area contributed by atoms with Crippen molar-refractivity contribution in [2.24, 2.45) is 0 Å². The first-order valence-corrected chi connectivity index (χ1v) is 4.95. The molecule has 0 amide bonds. The van der Waals surface area contributed by atoms with E-state index in [2.05, 4.69) is 6.92 Å². The Morgan fingerprint density at radius 1 is 1.50 bits per heavy atom. The molecule has 0 aromatic carbocycles. The summed E-state index contributed by atoms with van der Waals surface area (Å²) in [5, 5.41) is 0. The molecule has 1 fully saturated rings. The molecule has 2 nitrogen and oxygen atoms in total. The van der Waals surface area contributed by atoms with E-state index in [4.69, 9.17) is 16.3 Å². The van der Waals surface area contributed by atoms with Crippen molar-refractivity contribution < 1.29 is 9.53 Å². The second kappa shape index (κ2) is 4.13. The molecule has 1 aliphatic rings. The van der Waals surface area contributed by atoms with Crippen LogP contribution >= 0.6 is 11.6 Å². The molecule has 0 aromatic heterocycles. The van der Waals surface area contributed by atoms with Crippen molar-refractivity contribution in [3.63, 3.8) is 0 Å². The molecular formula is C9H15ClO2. The minimum absolute atomic E-state index is 0.159. The van der Waals surface area contributed by atoms with Crippen LogP contribution in [0.2, 0.25) is 0 Å². The Hall–Kier alpha value is -0.240. The monoisotopic (exact) mass is 190 g/mol. The lowest BCUT2D eigenvalue weighted by atomic mass is 10.1. The summed E-state index contributed by atoms with van der Waals surface area (Å²) in [6.45, 7) is 2.16. The van der Waals surface area contributed by atoms with Crippen molar-refractivity contribution in [2.75, 3.05) is 0 Å². The van der Waals surface area contributed by atoms with Crippen LogP contribution in [0, 0.1) is 0 Å². The van der Waals surface area contributed by atoms with Crippen molar-refractivity contribution in [3.8, 4) is 0 Å². The molecule has 0 heterocycles. The quantitative estimate of drug-likeness (QED) is 0.490. The summed E-state index contributed by atoms with van der Waals surface area (Å²) >= 11 is 5.15. The maximum atomic E-state index is 10.5. The lowest BCUT2D eigenvalue weighted by molar-refractivity contribution is 0.0970. The minimum atomic E-state index is -0.649. The zero-order valence-corrected chi connectivity index (χ0v) is 8.19. The molecule has 0 atom stereocenters. The van der Waals surface area contributed by atoms with E-state index >= 15 is 0 Å². The van der Waals surface area contributed by atoms with Crippen LogP contribution in [-0.4, -0.2) is 11.0 Å². The first kappa shape index (κ1) is 9.85. The van der Waals surface area contributed by atoms with Crippen molar-refractivity contribution in [1.82, 2.24) is 0 Å². The largest absolute Gasteiger partial charge is 0.447 e. The molecule has 0 spiro atoms. The van der Waals surface area contributed by atoms with Gasteiger partial charge in [-0.2, -0.15) is 0 Å². The van der Waals surface area contributed by atoms with Gasteiger partial charge in [0, 0.05) is 11.6 Å². The predicted octanol–water partition coefficient (Wildman–Crippen LogP) is 3.47. The fourth-order valence-electron chi connectivity index (χ4n) is 1.41. The Balaban J connectivity index is 2.16. The highest BCUT2D eigenvalue weighted by molar-refractivity contribution is 6.61. The molecule has 1 aliphatic carbocycles. The number of rotatable bonds is 5. The fourth-order valence-corrected chi connectivity index (χ4v) is 1.57. The summed E-state index contributed by atoms with van der Waals surface area (Å²) in [5.41, 5.74) is -0.808. The van der Waals surface area contributed by atoms with Gasteiger partial charge in [-0.15, -0.1) is 0 Å². The van der Waals surface area contributed by atoms with Crippen molar-refractivity contribution >= 4 is 17.0 Å². The van der Waals surface area contributed by atoms with Gasteiger partial charge in [0.2, 0.25) is 0 Å². The lowest BCUT2D eigenvalue weighted by Crippen LogP contribution is -2.15. The van der Waals surface area contributed by atoms with Gasteiger partial charge in [-0.25, -0.2) is 4.79 Å². The summed E-state index contributed by atoms with van der Waals surface area (Å²) in [6.07, 6.45) is 6.52. The van der Waals surface area contributed by atoms with Gasteiger partial charge in [0.25, 0.3) is 0 Å². The SMILES string of the molecule is CCCCCC1(OC(=O)Cl)CC1. The van der Waals surface area contributed by atoms with E-state index in [1.54, 1.807) is 0 Å². The topological polar surface area (TPSA) is 26.3 Å². The fraction of sp³-hybridized carbons (Fsp3) is 0.889. The van der Waals surface area contributed by atoms with E-state index in [-0.39, 0.29) is 5.60 Å². The summed E-state index contributed by atoms with van der Waals surface area (Å²) in [6, 6.07) is 0. The molecule has 0 bridgehead atoms. The Morgan fingerprint density at radius 2 is 2.17 bits per heavy atom. The molecular weight excluding hydrogens is 176 g/mol. The zero-order valence-electron chi connectivity index (χ0n) is 7.44. The molecule has 0 aromatic rings. The highest BCUT2D eigenvalue weighted by Crippen LogP contribution is 2.44.